The molecule has 144 valence electrons. The minimum absolute atomic E-state index is 0.515. The van der Waals surface area contributed by atoms with Crippen molar-refractivity contribution in [3.05, 3.63) is 143 Å². The SMILES string of the molecule is CC(Cc1ccc(Cc2ccccc2)cc1)c1ccc(Cc2ccccc2)cc1. The zero-order chi connectivity index (χ0) is 19.9. The molecule has 0 spiro atoms. The van der Waals surface area contributed by atoms with Gasteiger partial charge < -0.3 is 0 Å². The average molecular weight is 377 g/mol. The molecule has 0 aliphatic heterocycles. The van der Waals surface area contributed by atoms with Crippen LogP contribution in [0.15, 0.2) is 109 Å². The first-order chi connectivity index (χ1) is 14.3. The Morgan fingerprint density at radius 2 is 0.828 bits per heavy atom. The lowest BCUT2D eigenvalue weighted by Gasteiger charge is -2.13. The smallest absolute Gasteiger partial charge is 0.00258 e. The van der Waals surface area contributed by atoms with Crippen LogP contribution in [-0.4, -0.2) is 0 Å². The Labute approximate surface area is 174 Å². The second-order valence-corrected chi connectivity index (χ2v) is 7.99. The molecule has 4 rings (SSSR count). The van der Waals surface area contributed by atoms with Gasteiger partial charge in [-0.25, -0.2) is 0 Å². The Morgan fingerprint density at radius 3 is 1.31 bits per heavy atom. The van der Waals surface area contributed by atoms with E-state index in [2.05, 4.69) is 116 Å². The van der Waals surface area contributed by atoms with Gasteiger partial charge in [0.25, 0.3) is 0 Å². The normalized spacial score (nSPS) is 11.9. The molecule has 0 heteroatoms. The van der Waals surface area contributed by atoms with E-state index in [-0.39, 0.29) is 0 Å². The second-order valence-electron chi connectivity index (χ2n) is 7.99. The Kier molecular flexibility index (Phi) is 6.22. The molecule has 0 aromatic heterocycles. The first kappa shape index (κ1) is 19.2. The van der Waals surface area contributed by atoms with E-state index in [9.17, 15) is 0 Å². The van der Waals surface area contributed by atoms with E-state index >= 15 is 0 Å². The van der Waals surface area contributed by atoms with Gasteiger partial charge in [-0.1, -0.05) is 116 Å². The van der Waals surface area contributed by atoms with Crippen LogP contribution < -0.4 is 0 Å². The topological polar surface area (TPSA) is 0 Å². The quantitative estimate of drug-likeness (QED) is 0.319. The van der Waals surface area contributed by atoms with Gasteiger partial charge in [0.2, 0.25) is 0 Å². The van der Waals surface area contributed by atoms with Gasteiger partial charge >= 0.3 is 0 Å². The summed E-state index contributed by atoms with van der Waals surface area (Å²) in [6.45, 7) is 2.32. The molecular formula is C29H28. The Hall–Kier alpha value is -3.12. The first-order valence-electron chi connectivity index (χ1n) is 10.5. The maximum absolute atomic E-state index is 2.32. The van der Waals surface area contributed by atoms with Crippen molar-refractivity contribution in [2.24, 2.45) is 0 Å². The predicted octanol–water partition coefficient (Wildman–Crippen LogP) is 7.21. The standard InChI is InChI=1S/C29H28/c1-23(29-18-16-28(17-19-29)22-25-10-6-3-7-11-25)20-26-12-14-27(15-13-26)21-24-8-4-2-5-9-24/h2-19,23H,20-22H2,1H3. The van der Waals surface area contributed by atoms with E-state index in [4.69, 9.17) is 0 Å². The Balaban J connectivity index is 1.35. The van der Waals surface area contributed by atoms with E-state index < -0.39 is 0 Å². The lowest BCUT2D eigenvalue weighted by atomic mass is 9.92. The summed E-state index contributed by atoms with van der Waals surface area (Å²) in [6, 6.07) is 39.6. The second kappa shape index (κ2) is 9.39. The van der Waals surface area contributed by atoms with Gasteiger partial charge in [0.15, 0.2) is 0 Å². The van der Waals surface area contributed by atoms with Crippen molar-refractivity contribution < 1.29 is 0 Å². The summed E-state index contributed by atoms with van der Waals surface area (Å²) in [6.07, 6.45) is 3.07. The molecule has 1 unspecified atom stereocenters. The summed E-state index contributed by atoms with van der Waals surface area (Å²) in [5.41, 5.74) is 8.29. The van der Waals surface area contributed by atoms with Gasteiger partial charge in [-0.2, -0.15) is 0 Å². The predicted molar refractivity (Wildman–Crippen MR) is 123 cm³/mol. The molecule has 0 radical (unpaired) electrons. The largest absolute Gasteiger partial charge is 0.0622 e. The van der Waals surface area contributed by atoms with Crippen molar-refractivity contribution in [3.8, 4) is 0 Å². The highest BCUT2D eigenvalue weighted by Crippen LogP contribution is 2.22. The molecule has 0 N–H and O–H groups in total. The highest BCUT2D eigenvalue weighted by atomic mass is 14.1. The third-order valence-corrected chi connectivity index (χ3v) is 5.62. The summed E-state index contributed by atoms with van der Waals surface area (Å²) in [5.74, 6) is 0.515. The molecule has 0 saturated heterocycles. The summed E-state index contributed by atoms with van der Waals surface area (Å²) in [5, 5.41) is 0. The number of rotatable bonds is 7. The minimum Gasteiger partial charge on any atom is -0.0622 e. The molecule has 0 fully saturated rings. The Bertz CT molecular complexity index is 997. The van der Waals surface area contributed by atoms with Crippen LogP contribution in [0.5, 0.6) is 0 Å². The van der Waals surface area contributed by atoms with Crippen LogP contribution in [0.4, 0.5) is 0 Å². The maximum atomic E-state index is 2.32. The van der Waals surface area contributed by atoms with Crippen molar-refractivity contribution in [1.82, 2.24) is 0 Å². The summed E-state index contributed by atoms with van der Waals surface area (Å²) < 4.78 is 0. The molecule has 0 aliphatic carbocycles. The van der Waals surface area contributed by atoms with Crippen molar-refractivity contribution in [2.45, 2.75) is 32.1 Å². The van der Waals surface area contributed by atoms with Crippen molar-refractivity contribution in [2.75, 3.05) is 0 Å². The summed E-state index contributed by atoms with van der Waals surface area (Å²) in [7, 11) is 0. The minimum atomic E-state index is 0.515. The van der Waals surface area contributed by atoms with E-state index in [0.717, 1.165) is 19.3 Å². The number of hydrogen-bond donors (Lipinski definition) is 0. The summed E-state index contributed by atoms with van der Waals surface area (Å²) in [4.78, 5) is 0. The maximum Gasteiger partial charge on any atom is -0.00258 e. The van der Waals surface area contributed by atoms with Gasteiger partial charge in [0, 0.05) is 0 Å². The van der Waals surface area contributed by atoms with E-state index in [0.29, 0.717) is 5.92 Å². The molecule has 4 aromatic carbocycles. The fourth-order valence-corrected chi connectivity index (χ4v) is 3.89. The van der Waals surface area contributed by atoms with Crippen LogP contribution >= 0.6 is 0 Å². The zero-order valence-electron chi connectivity index (χ0n) is 17.1. The van der Waals surface area contributed by atoms with Crippen LogP contribution in [0.3, 0.4) is 0 Å². The molecule has 0 nitrogen and oxygen atoms in total. The molecule has 4 aromatic rings. The van der Waals surface area contributed by atoms with Crippen LogP contribution in [-0.2, 0) is 19.3 Å². The zero-order valence-corrected chi connectivity index (χ0v) is 17.1. The molecule has 0 heterocycles. The van der Waals surface area contributed by atoms with Crippen molar-refractivity contribution in [1.29, 1.82) is 0 Å². The van der Waals surface area contributed by atoms with Crippen LogP contribution in [0.25, 0.3) is 0 Å². The monoisotopic (exact) mass is 376 g/mol. The third kappa shape index (κ3) is 5.45. The average Bonchev–Trinajstić information content (AvgIpc) is 2.77. The van der Waals surface area contributed by atoms with Crippen LogP contribution in [0.2, 0.25) is 0 Å². The van der Waals surface area contributed by atoms with Crippen molar-refractivity contribution >= 4 is 0 Å². The van der Waals surface area contributed by atoms with E-state index in [1.807, 2.05) is 0 Å². The Morgan fingerprint density at radius 1 is 0.448 bits per heavy atom. The molecule has 0 aliphatic rings. The fourth-order valence-electron chi connectivity index (χ4n) is 3.89. The third-order valence-electron chi connectivity index (χ3n) is 5.62. The molecule has 1 atom stereocenters. The molecule has 0 amide bonds. The molecule has 0 bridgehead atoms. The highest BCUT2D eigenvalue weighted by Gasteiger charge is 2.07. The van der Waals surface area contributed by atoms with E-state index in [1.165, 1.54) is 33.4 Å². The lowest BCUT2D eigenvalue weighted by molar-refractivity contribution is 0.758. The molecule has 0 saturated carbocycles. The number of benzene rings is 4. The first-order valence-corrected chi connectivity index (χ1v) is 10.5. The van der Waals surface area contributed by atoms with Crippen molar-refractivity contribution in [3.63, 3.8) is 0 Å². The fraction of sp³-hybridized carbons (Fsp3) is 0.172. The highest BCUT2D eigenvalue weighted by molar-refractivity contribution is 5.32. The van der Waals surface area contributed by atoms with Gasteiger partial charge in [-0.05, 0) is 58.6 Å². The summed E-state index contributed by atoms with van der Waals surface area (Å²) >= 11 is 0. The van der Waals surface area contributed by atoms with Gasteiger partial charge in [0.05, 0.1) is 0 Å². The van der Waals surface area contributed by atoms with Gasteiger partial charge in [-0.3, -0.25) is 0 Å². The van der Waals surface area contributed by atoms with E-state index in [1.54, 1.807) is 0 Å². The molecular weight excluding hydrogens is 348 g/mol. The van der Waals surface area contributed by atoms with Crippen LogP contribution in [0.1, 0.15) is 46.2 Å². The number of hydrogen-bond acceptors (Lipinski definition) is 0. The lowest BCUT2D eigenvalue weighted by Crippen LogP contribution is -1.99. The molecule has 29 heavy (non-hydrogen) atoms. The van der Waals surface area contributed by atoms with Crippen LogP contribution in [0, 0.1) is 0 Å². The van der Waals surface area contributed by atoms with Gasteiger partial charge in [-0.15, -0.1) is 0 Å². The van der Waals surface area contributed by atoms with Gasteiger partial charge in [0.1, 0.15) is 0 Å².